The zero-order valence-corrected chi connectivity index (χ0v) is 23.4. The van der Waals surface area contributed by atoms with Crippen LogP contribution in [0.15, 0.2) is 24.3 Å². The number of pyridine rings is 1. The molecule has 5 heterocycles. The van der Waals surface area contributed by atoms with Crippen LogP contribution in [0, 0.1) is 24.0 Å². The third-order valence-corrected chi connectivity index (χ3v) is 9.67. The van der Waals surface area contributed by atoms with Gasteiger partial charge in [0.05, 0.1) is 17.1 Å². The van der Waals surface area contributed by atoms with Crippen molar-refractivity contribution in [1.82, 2.24) is 19.9 Å². The lowest BCUT2D eigenvalue weighted by atomic mass is 9.88. The zero-order valence-electron chi connectivity index (χ0n) is 23.4. The van der Waals surface area contributed by atoms with Crippen LogP contribution < -0.4 is 14.4 Å². The summed E-state index contributed by atoms with van der Waals surface area (Å²) in [5.74, 6) is 1.29. The minimum atomic E-state index is -0.923. The van der Waals surface area contributed by atoms with Crippen LogP contribution in [0.2, 0.25) is 0 Å². The molecule has 8 rings (SSSR count). The largest absolute Gasteiger partial charge is 0.508 e. The van der Waals surface area contributed by atoms with Crippen LogP contribution >= 0.6 is 0 Å². The van der Waals surface area contributed by atoms with Gasteiger partial charge in [0.25, 0.3) is 0 Å². The highest BCUT2D eigenvalue weighted by molar-refractivity contribution is 6.04. The predicted molar refractivity (Wildman–Crippen MR) is 154 cm³/mol. The molecule has 11 heteroatoms. The van der Waals surface area contributed by atoms with Crippen LogP contribution in [0.3, 0.4) is 0 Å². The first-order valence-electron chi connectivity index (χ1n) is 14.5. The molecule has 2 saturated heterocycles. The van der Waals surface area contributed by atoms with Gasteiger partial charge in [-0.1, -0.05) is 12.0 Å². The Morgan fingerprint density at radius 3 is 2.84 bits per heavy atom. The van der Waals surface area contributed by atoms with Crippen molar-refractivity contribution in [2.45, 2.75) is 56.0 Å². The fourth-order valence-corrected chi connectivity index (χ4v) is 7.42. The van der Waals surface area contributed by atoms with E-state index in [1.165, 1.54) is 24.3 Å². The van der Waals surface area contributed by atoms with Crippen LogP contribution in [0.1, 0.15) is 37.7 Å². The normalized spacial score (nSPS) is 26.0. The molecular weight excluding hydrogens is 559 g/mol. The maximum absolute atomic E-state index is 16.8. The number of phenols is 1. The number of fused-ring (bicyclic) bond motifs is 3. The van der Waals surface area contributed by atoms with E-state index >= 15 is 4.39 Å². The molecule has 4 aliphatic rings. The summed E-state index contributed by atoms with van der Waals surface area (Å²) in [6, 6.07) is 5.37. The van der Waals surface area contributed by atoms with Gasteiger partial charge < -0.3 is 19.5 Å². The first-order chi connectivity index (χ1) is 20.8. The van der Waals surface area contributed by atoms with E-state index in [1.807, 2.05) is 11.9 Å². The summed E-state index contributed by atoms with van der Waals surface area (Å²) >= 11 is 0. The number of ether oxygens (including phenoxy) is 2. The summed E-state index contributed by atoms with van der Waals surface area (Å²) in [6.45, 7) is 1.36. The standard InChI is InChI=1S/C32H28F3N5O3/c1-3-19-21(34)6-5-16-11-18(41)12-20(24(16)19)27-26(35)28-25-29(39(2)22-7-8-23(22)43-30(25)36-27)38-31(37-28)42-15-32-9-4-10-40(32)14-17(33)13-32/h1,5-6,11-12,17,22-23,41H,4,7-10,13-15H2,2H3/t17-,22?,23?,32+/m1/s1. The van der Waals surface area contributed by atoms with Gasteiger partial charge >= 0.3 is 6.01 Å². The van der Waals surface area contributed by atoms with Gasteiger partial charge in [-0.05, 0) is 55.8 Å². The number of terminal acetylenes is 1. The highest BCUT2D eigenvalue weighted by Crippen LogP contribution is 2.46. The van der Waals surface area contributed by atoms with E-state index in [1.54, 1.807) is 0 Å². The van der Waals surface area contributed by atoms with Crippen LogP contribution in [0.4, 0.5) is 19.0 Å². The molecular formula is C32H28F3N5O3. The molecule has 1 N–H and O–H groups in total. The Balaban J connectivity index is 1.33. The Bertz CT molecular complexity index is 1880. The molecule has 2 aromatic heterocycles. The van der Waals surface area contributed by atoms with Gasteiger partial charge in [0, 0.05) is 31.0 Å². The molecule has 2 unspecified atom stereocenters. The van der Waals surface area contributed by atoms with Crippen molar-refractivity contribution in [3.8, 4) is 41.2 Å². The molecule has 0 spiro atoms. The van der Waals surface area contributed by atoms with Gasteiger partial charge in [0.1, 0.15) is 52.9 Å². The summed E-state index contributed by atoms with van der Waals surface area (Å²) in [4.78, 5) is 17.9. The van der Waals surface area contributed by atoms with Crippen LogP contribution in [-0.2, 0) is 0 Å². The predicted octanol–water partition coefficient (Wildman–Crippen LogP) is 5.12. The molecule has 43 heavy (non-hydrogen) atoms. The third-order valence-electron chi connectivity index (χ3n) is 9.67. The van der Waals surface area contributed by atoms with Crippen molar-refractivity contribution in [3.63, 3.8) is 0 Å². The lowest BCUT2D eigenvalue weighted by molar-refractivity contribution is 0.0903. The first kappa shape index (κ1) is 26.3. The van der Waals surface area contributed by atoms with Crippen molar-refractivity contribution < 1.29 is 27.8 Å². The number of aromatic hydroxyl groups is 1. The summed E-state index contributed by atoms with van der Waals surface area (Å²) in [5.41, 5.74) is -0.692. The number of hydrogen-bond donors (Lipinski definition) is 1. The van der Waals surface area contributed by atoms with Crippen LogP contribution in [0.25, 0.3) is 32.9 Å². The average Bonchev–Trinajstić information content (AvgIpc) is 3.48. The monoisotopic (exact) mass is 587 g/mol. The van der Waals surface area contributed by atoms with E-state index in [-0.39, 0.29) is 64.1 Å². The van der Waals surface area contributed by atoms with Gasteiger partial charge in [-0.3, -0.25) is 4.90 Å². The van der Waals surface area contributed by atoms with E-state index in [0.717, 1.165) is 32.2 Å². The molecule has 0 amide bonds. The summed E-state index contributed by atoms with van der Waals surface area (Å²) in [6.07, 6.45) is 8.31. The van der Waals surface area contributed by atoms with Crippen molar-refractivity contribution >= 4 is 27.5 Å². The third kappa shape index (κ3) is 3.85. The van der Waals surface area contributed by atoms with Gasteiger partial charge in [-0.25, -0.2) is 18.2 Å². The summed E-state index contributed by atoms with van der Waals surface area (Å²) in [5, 5.41) is 11.5. The van der Waals surface area contributed by atoms with E-state index in [4.69, 9.17) is 20.9 Å². The van der Waals surface area contributed by atoms with Crippen molar-refractivity contribution in [1.29, 1.82) is 0 Å². The number of phenolic OH excluding ortho intramolecular Hbond substituents is 1. The number of aromatic nitrogens is 3. The number of anilines is 1. The molecule has 0 bridgehead atoms. The smallest absolute Gasteiger partial charge is 0.319 e. The molecule has 1 saturated carbocycles. The molecule has 0 radical (unpaired) electrons. The number of benzene rings is 2. The van der Waals surface area contributed by atoms with E-state index in [9.17, 15) is 13.9 Å². The SMILES string of the molecule is C#Cc1c(F)ccc2cc(O)cc(-c3nc4c5c(nc(OC[C@@]67CCCN6C[C@H](F)C7)nc5c3F)N(C)C3CCC3O4)c12. The van der Waals surface area contributed by atoms with Gasteiger partial charge in [0.2, 0.25) is 5.88 Å². The molecule has 4 aromatic rings. The Morgan fingerprint density at radius 1 is 1.19 bits per heavy atom. The molecule has 8 nitrogen and oxygen atoms in total. The maximum atomic E-state index is 16.8. The van der Waals surface area contributed by atoms with E-state index in [0.29, 0.717) is 29.6 Å². The topological polar surface area (TPSA) is 83.8 Å². The number of likely N-dealkylation sites (N-methyl/N-ethyl adjacent to an activating group) is 1. The fraction of sp³-hybridized carbons (Fsp3) is 0.406. The van der Waals surface area contributed by atoms with Gasteiger partial charge in [-0.2, -0.15) is 9.97 Å². The second-order valence-corrected chi connectivity index (χ2v) is 12.1. The molecule has 1 aliphatic carbocycles. The zero-order chi connectivity index (χ0) is 29.6. The minimum Gasteiger partial charge on any atom is -0.508 e. The molecule has 3 fully saturated rings. The number of hydrogen-bond acceptors (Lipinski definition) is 8. The number of rotatable bonds is 4. The number of alkyl halides is 1. The first-order valence-corrected chi connectivity index (χ1v) is 14.5. The van der Waals surface area contributed by atoms with Crippen molar-refractivity contribution in [2.75, 3.05) is 31.6 Å². The summed E-state index contributed by atoms with van der Waals surface area (Å²) in [7, 11) is 1.87. The number of halogens is 3. The average molecular weight is 588 g/mol. The number of nitrogens with zero attached hydrogens (tertiary/aromatic N) is 5. The Hall–Kier alpha value is -4.30. The lowest BCUT2D eigenvalue weighted by Crippen LogP contribution is -2.51. The van der Waals surface area contributed by atoms with Crippen LogP contribution in [-0.4, -0.2) is 75.6 Å². The van der Waals surface area contributed by atoms with Crippen molar-refractivity contribution in [2.24, 2.45) is 0 Å². The molecule has 2 aromatic carbocycles. The fourth-order valence-electron chi connectivity index (χ4n) is 7.42. The second-order valence-electron chi connectivity index (χ2n) is 12.1. The molecule has 4 atom stereocenters. The van der Waals surface area contributed by atoms with Gasteiger partial charge in [0.15, 0.2) is 5.82 Å². The maximum Gasteiger partial charge on any atom is 0.319 e. The quantitative estimate of drug-likeness (QED) is 0.330. The Morgan fingerprint density at radius 2 is 2.05 bits per heavy atom. The summed E-state index contributed by atoms with van der Waals surface area (Å²) < 4.78 is 58.5. The Labute approximate surface area is 245 Å². The van der Waals surface area contributed by atoms with Crippen molar-refractivity contribution in [3.05, 3.63) is 41.5 Å². The van der Waals surface area contributed by atoms with E-state index in [2.05, 4.69) is 20.8 Å². The second kappa shape index (κ2) is 9.35. The minimum absolute atomic E-state index is 0.0126. The highest BCUT2D eigenvalue weighted by atomic mass is 19.1. The lowest BCUT2D eigenvalue weighted by Gasteiger charge is -2.40. The van der Waals surface area contributed by atoms with Crippen LogP contribution in [0.5, 0.6) is 17.6 Å². The highest BCUT2D eigenvalue weighted by Gasteiger charge is 2.49. The van der Waals surface area contributed by atoms with E-state index < -0.39 is 23.3 Å². The Kier molecular flexibility index (Phi) is 5.73. The molecule has 220 valence electrons. The molecule has 3 aliphatic heterocycles. The van der Waals surface area contributed by atoms with Gasteiger partial charge in [-0.15, -0.1) is 6.42 Å².